The number of aliphatic carboxylic acids is 1. The first-order valence-corrected chi connectivity index (χ1v) is 5.54. The number of carboxylic acid groups (broad SMARTS) is 1. The van der Waals surface area contributed by atoms with Crippen LogP contribution in [0.3, 0.4) is 0 Å². The fraction of sp³-hybridized carbons (Fsp3) is 0.400. The summed E-state index contributed by atoms with van der Waals surface area (Å²) in [5, 5.41) is 18.5. The highest BCUT2D eigenvalue weighted by Crippen LogP contribution is 2.30. The van der Waals surface area contributed by atoms with Crippen LogP contribution in [-0.4, -0.2) is 47.9 Å². The summed E-state index contributed by atoms with van der Waals surface area (Å²) < 4.78 is 6.69. The molecule has 3 atom stereocenters. The molecule has 1 saturated heterocycles. The first-order valence-electron chi connectivity index (χ1n) is 5.54. The average Bonchev–Trinajstić information content (AvgIpc) is 2.93. The van der Waals surface area contributed by atoms with Crippen LogP contribution in [0, 0.1) is 0 Å². The Balaban J connectivity index is 2.00. The molecule has 0 aromatic carbocycles. The largest absolute Gasteiger partial charge is 0.479 e. The lowest BCUT2D eigenvalue weighted by Gasteiger charge is -2.12. The third-order valence-corrected chi connectivity index (χ3v) is 3.02. The molecule has 0 spiro atoms. The highest BCUT2D eigenvalue weighted by atomic mass is 16.6. The number of H-pyrrole nitrogens is 1. The molecule has 9 heteroatoms. The van der Waals surface area contributed by atoms with E-state index < -0.39 is 30.0 Å². The van der Waals surface area contributed by atoms with Gasteiger partial charge in [-0.3, -0.25) is 9.36 Å². The predicted molar refractivity (Wildman–Crippen MR) is 60.3 cm³/mol. The molecule has 9 nitrogen and oxygen atoms in total. The minimum Gasteiger partial charge on any atom is -0.479 e. The van der Waals surface area contributed by atoms with Gasteiger partial charge >= 0.3 is 5.97 Å². The van der Waals surface area contributed by atoms with Gasteiger partial charge in [0.15, 0.2) is 17.3 Å². The smallest absolute Gasteiger partial charge is 0.335 e. The van der Waals surface area contributed by atoms with E-state index in [-0.39, 0.29) is 17.6 Å². The summed E-state index contributed by atoms with van der Waals surface area (Å²) in [6, 6.07) is 0. The van der Waals surface area contributed by atoms with E-state index in [2.05, 4.69) is 15.0 Å². The highest BCUT2D eigenvalue weighted by molar-refractivity contribution is 5.73. The zero-order valence-electron chi connectivity index (χ0n) is 9.55. The van der Waals surface area contributed by atoms with E-state index in [1.54, 1.807) is 0 Å². The number of ether oxygens (including phenoxy) is 1. The van der Waals surface area contributed by atoms with Gasteiger partial charge in [0.2, 0.25) is 0 Å². The normalized spacial score (nSPS) is 26.9. The molecule has 3 rings (SSSR count). The van der Waals surface area contributed by atoms with Gasteiger partial charge in [-0.25, -0.2) is 14.8 Å². The van der Waals surface area contributed by atoms with E-state index in [0.717, 1.165) is 0 Å². The number of imidazole rings is 1. The minimum atomic E-state index is -1.29. The van der Waals surface area contributed by atoms with Gasteiger partial charge in [0.25, 0.3) is 5.56 Å². The van der Waals surface area contributed by atoms with Crippen LogP contribution in [0.1, 0.15) is 12.6 Å². The van der Waals surface area contributed by atoms with Crippen molar-refractivity contribution in [3.63, 3.8) is 0 Å². The summed E-state index contributed by atoms with van der Waals surface area (Å²) in [7, 11) is 0. The van der Waals surface area contributed by atoms with Crippen LogP contribution < -0.4 is 5.56 Å². The summed E-state index contributed by atoms with van der Waals surface area (Å²) in [5.74, 6) is -1.23. The third kappa shape index (κ3) is 1.79. The van der Waals surface area contributed by atoms with Gasteiger partial charge < -0.3 is 19.9 Å². The van der Waals surface area contributed by atoms with Gasteiger partial charge in [0, 0.05) is 6.42 Å². The first-order chi connectivity index (χ1) is 9.08. The predicted octanol–water partition coefficient (Wildman–Crippen LogP) is -1.15. The number of carbonyl (C=O) groups is 1. The van der Waals surface area contributed by atoms with Crippen molar-refractivity contribution >= 4 is 17.1 Å². The quantitative estimate of drug-likeness (QED) is 0.625. The van der Waals surface area contributed by atoms with Crippen LogP contribution in [0.5, 0.6) is 0 Å². The van der Waals surface area contributed by atoms with Crippen molar-refractivity contribution in [2.24, 2.45) is 0 Å². The maximum atomic E-state index is 11.5. The van der Waals surface area contributed by atoms with Gasteiger partial charge in [-0.2, -0.15) is 0 Å². The van der Waals surface area contributed by atoms with E-state index in [9.17, 15) is 14.7 Å². The van der Waals surface area contributed by atoms with Crippen molar-refractivity contribution in [2.45, 2.75) is 24.9 Å². The molecule has 3 N–H and O–H groups in total. The molecular weight excluding hydrogens is 256 g/mol. The third-order valence-electron chi connectivity index (χ3n) is 3.02. The van der Waals surface area contributed by atoms with Crippen molar-refractivity contribution < 1.29 is 19.7 Å². The van der Waals surface area contributed by atoms with Gasteiger partial charge in [0.05, 0.1) is 18.8 Å². The number of aliphatic hydroxyl groups is 1. The lowest BCUT2D eigenvalue weighted by Crippen LogP contribution is -2.29. The molecule has 100 valence electrons. The number of aromatic nitrogens is 4. The number of nitrogens with one attached hydrogen (secondary N) is 1. The number of fused-ring (bicyclic) bond motifs is 1. The second-order valence-corrected chi connectivity index (χ2v) is 4.21. The molecule has 1 aliphatic rings. The zero-order valence-corrected chi connectivity index (χ0v) is 9.55. The van der Waals surface area contributed by atoms with Crippen molar-refractivity contribution in [2.75, 3.05) is 0 Å². The van der Waals surface area contributed by atoms with Gasteiger partial charge in [-0.1, -0.05) is 0 Å². The van der Waals surface area contributed by atoms with Crippen molar-refractivity contribution in [3.05, 3.63) is 23.0 Å². The van der Waals surface area contributed by atoms with Crippen LogP contribution in [0.15, 0.2) is 17.4 Å². The van der Waals surface area contributed by atoms with Crippen molar-refractivity contribution in [1.29, 1.82) is 0 Å². The monoisotopic (exact) mass is 266 g/mol. The number of hydrogen-bond acceptors (Lipinski definition) is 6. The maximum Gasteiger partial charge on any atom is 0.335 e. The highest BCUT2D eigenvalue weighted by Gasteiger charge is 2.40. The molecule has 2 aromatic heterocycles. The molecule has 0 unspecified atom stereocenters. The minimum absolute atomic E-state index is 0.0942. The molecule has 1 fully saturated rings. The molecule has 0 bridgehead atoms. The van der Waals surface area contributed by atoms with Gasteiger partial charge in [-0.15, -0.1) is 0 Å². The summed E-state index contributed by atoms with van der Waals surface area (Å²) in [6.07, 6.45) is -0.448. The molecule has 2 aromatic rings. The molecule has 0 amide bonds. The number of rotatable bonds is 2. The van der Waals surface area contributed by atoms with Crippen LogP contribution in [-0.2, 0) is 9.53 Å². The standard InChI is InChI=1S/C10H10N4O5/c15-4-1-5(19-7(4)10(17)18)14-3-13-6-8(14)11-2-12-9(6)16/h2-5,7,15H,1H2,(H,17,18)(H,11,12,16)/t4-,5+,7-/m0/s1. The summed E-state index contributed by atoms with van der Waals surface area (Å²) >= 11 is 0. The maximum absolute atomic E-state index is 11.5. The SMILES string of the molecule is O=C(O)[C@H]1O[C@@H](n2cnc3c(=O)[nH]cnc32)C[C@@H]1O. The summed E-state index contributed by atoms with van der Waals surface area (Å²) in [5.41, 5.74) is 0.0310. The Morgan fingerprint density at radius 3 is 3.00 bits per heavy atom. The molecule has 0 aliphatic carbocycles. The van der Waals surface area contributed by atoms with E-state index in [1.807, 2.05) is 0 Å². The molecule has 19 heavy (non-hydrogen) atoms. The van der Waals surface area contributed by atoms with Crippen LogP contribution in [0.25, 0.3) is 11.2 Å². The number of carboxylic acids is 1. The van der Waals surface area contributed by atoms with Crippen LogP contribution >= 0.6 is 0 Å². The molecule has 1 aliphatic heterocycles. The molecule has 0 saturated carbocycles. The van der Waals surface area contributed by atoms with E-state index in [0.29, 0.717) is 0 Å². The fourth-order valence-corrected chi connectivity index (χ4v) is 2.12. The van der Waals surface area contributed by atoms with E-state index in [4.69, 9.17) is 9.84 Å². The molecule has 0 radical (unpaired) electrons. The zero-order chi connectivity index (χ0) is 13.6. The second-order valence-electron chi connectivity index (χ2n) is 4.21. The van der Waals surface area contributed by atoms with Crippen molar-refractivity contribution in [3.8, 4) is 0 Å². The Hall–Kier alpha value is -2.26. The number of aliphatic hydroxyl groups excluding tert-OH is 1. The average molecular weight is 266 g/mol. The van der Waals surface area contributed by atoms with Gasteiger partial charge in [-0.05, 0) is 0 Å². The Bertz CT molecular complexity index is 693. The molecular formula is C10H10N4O5. The first kappa shape index (κ1) is 11.8. The van der Waals surface area contributed by atoms with Crippen LogP contribution in [0.2, 0.25) is 0 Å². The van der Waals surface area contributed by atoms with Crippen molar-refractivity contribution in [1.82, 2.24) is 19.5 Å². The fourth-order valence-electron chi connectivity index (χ4n) is 2.12. The Morgan fingerprint density at radius 1 is 1.53 bits per heavy atom. The topological polar surface area (TPSA) is 130 Å². The second kappa shape index (κ2) is 4.14. The number of hydrogen-bond donors (Lipinski definition) is 3. The van der Waals surface area contributed by atoms with E-state index in [1.165, 1.54) is 17.2 Å². The summed E-state index contributed by atoms with van der Waals surface area (Å²) in [6.45, 7) is 0. The molecule has 3 heterocycles. The van der Waals surface area contributed by atoms with E-state index >= 15 is 0 Å². The number of aromatic amines is 1. The van der Waals surface area contributed by atoms with Gasteiger partial charge in [0.1, 0.15) is 6.23 Å². The Labute approximate surface area is 105 Å². The Morgan fingerprint density at radius 2 is 2.32 bits per heavy atom. The number of nitrogens with zero attached hydrogens (tertiary/aromatic N) is 3. The lowest BCUT2D eigenvalue weighted by atomic mass is 10.2. The summed E-state index contributed by atoms with van der Waals surface area (Å²) in [4.78, 5) is 32.6. The van der Waals surface area contributed by atoms with Crippen LogP contribution in [0.4, 0.5) is 0 Å². The lowest BCUT2D eigenvalue weighted by molar-refractivity contribution is -0.155. The Kier molecular flexibility index (Phi) is 2.57.